The molecule has 0 aromatic carbocycles. The van der Waals surface area contributed by atoms with Crippen LogP contribution in [0.25, 0.3) is 0 Å². The Morgan fingerprint density at radius 2 is 2.05 bits per heavy atom. The Balaban J connectivity index is 2.61. The lowest BCUT2D eigenvalue weighted by Gasteiger charge is -2.09. The summed E-state index contributed by atoms with van der Waals surface area (Å²) in [6, 6.07) is 1.72. The molecule has 1 aromatic heterocycles. The fraction of sp³-hybridized carbons (Fsp3) is 0.667. The molecule has 0 spiro atoms. The number of aromatic nitrogens is 2. The number of carbonyl (C=O) groups excluding carboxylic acids is 1. The van der Waals surface area contributed by atoms with Crippen molar-refractivity contribution in [3.63, 3.8) is 0 Å². The molecule has 0 aliphatic heterocycles. The van der Waals surface area contributed by atoms with Crippen molar-refractivity contribution in [1.82, 2.24) is 15.3 Å². The fourth-order valence-corrected chi connectivity index (χ4v) is 1.73. The Morgan fingerprint density at radius 3 is 2.70 bits per heavy atom. The van der Waals surface area contributed by atoms with Crippen molar-refractivity contribution in [1.29, 1.82) is 0 Å². The Bertz CT molecular complexity index is 432. The van der Waals surface area contributed by atoms with Crippen molar-refractivity contribution in [3.05, 3.63) is 17.6 Å². The monoisotopic (exact) mass is 278 g/mol. The van der Waals surface area contributed by atoms with E-state index in [9.17, 15) is 4.79 Å². The predicted octanol–water partition coefficient (Wildman–Crippen LogP) is 2.77. The topological polar surface area (TPSA) is 66.9 Å². The number of carbonyl (C=O) groups is 1. The van der Waals surface area contributed by atoms with Crippen molar-refractivity contribution >= 4 is 11.7 Å². The Labute approximate surface area is 121 Å². The molecular formula is C15H26N4O. The average molecular weight is 278 g/mol. The van der Waals surface area contributed by atoms with Crippen molar-refractivity contribution in [2.24, 2.45) is 5.92 Å². The molecule has 0 fully saturated rings. The smallest absolute Gasteiger partial charge is 0.270 e. The number of rotatable bonds is 8. The minimum Gasteiger partial charge on any atom is -0.370 e. The second-order valence-electron chi connectivity index (χ2n) is 5.40. The number of hydrogen-bond donors (Lipinski definition) is 2. The van der Waals surface area contributed by atoms with Crippen LogP contribution in [0.5, 0.6) is 0 Å². The van der Waals surface area contributed by atoms with Gasteiger partial charge in [-0.25, -0.2) is 9.97 Å². The minimum atomic E-state index is -0.130. The second-order valence-corrected chi connectivity index (χ2v) is 5.40. The van der Waals surface area contributed by atoms with Crippen LogP contribution in [-0.2, 0) is 0 Å². The van der Waals surface area contributed by atoms with Gasteiger partial charge in [-0.2, -0.15) is 0 Å². The molecule has 1 rings (SSSR count). The fourth-order valence-electron chi connectivity index (χ4n) is 1.73. The van der Waals surface area contributed by atoms with Crippen molar-refractivity contribution in [2.75, 3.05) is 18.4 Å². The van der Waals surface area contributed by atoms with Gasteiger partial charge in [0.25, 0.3) is 5.91 Å². The minimum absolute atomic E-state index is 0.130. The zero-order chi connectivity index (χ0) is 15.0. The van der Waals surface area contributed by atoms with E-state index in [2.05, 4.69) is 41.4 Å². The van der Waals surface area contributed by atoms with Gasteiger partial charge in [-0.3, -0.25) is 4.79 Å². The normalized spacial score (nSPS) is 10.7. The van der Waals surface area contributed by atoms with E-state index in [0.29, 0.717) is 24.0 Å². The van der Waals surface area contributed by atoms with Gasteiger partial charge in [0.15, 0.2) is 0 Å². The maximum Gasteiger partial charge on any atom is 0.270 e. The van der Waals surface area contributed by atoms with Crippen molar-refractivity contribution < 1.29 is 4.79 Å². The maximum absolute atomic E-state index is 12.0. The van der Waals surface area contributed by atoms with Crippen molar-refractivity contribution in [2.45, 2.75) is 47.0 Å². The van der Waals surface area contributed by atoms with Crippen LogP contribution in [0.4, 0.5) is 5.82 Å². The molecule has 1 aromatic rings. The van der Waals surface area contributed by atoms with E-state index in [1.54, 1.807) is 13.0 Å². The summed E-state index contributed by atoms with van der Waals surface area (Å²) in [4.78, 5) is 20.5. The van der Waals surface area contributed by atoms with E-state index >= 15 is 0 Å². The zero-order valence-electron chi connectivity index (χ0n) is 13.0. The lowest BCUT2D eigenvalue weighted by atomic mass is 10.1. The molecule has 5 nitrogen and oxygen atoms in total. The molecule has 1 heterocycles. The second kappa shape index (κ2) is 8.51. The van der Waals surface area contributed by atoms with Gasteiger partial charge in [-0.1, -0.05) is 27.2 Å². The third-order valence-electron chi connectivity index (χ3n) is 2.91. The maximum atomic E-state index is 12.0. The van der Waals surface area contributed by atoms with Gasteiger partial charge in [0.05, 0.1) is 0 Å². The molecule has 1 amide bonds. The highest BCUT2D eigenvalue weighted by Crippen LogP contribution is 2.07. The van der Waals surface area contributed by atoms with E-state index in [0.717, 1.165) is 31.6 Å². The lowest BCUT2D eigenvalue weighted by Crippen LogP contribution is -2.26. The van der Waals surface area contributed by atoms with E-state index in [-0.39, 0.29) is 5.91 Å². The van der Waals surface area contributed by atoms with Crippen LogP contribution in [-0.4, -0.2) is 29.0 Å². The molecule has 0 unspecified atom stereocenters. The van der Waals surface area contributed by atoms with Gasteiger partial charge < -0.3 is 10.6 Å². The molecule has 0 radical (unpaired) electrons. The quantitative estimate of drug-likeness (QED) is 0.718. The van der Waals surface area contributed by atoms with E-state index in [4.69, 9.17) is 0 Å². The van der Waals surface area contributed by atoms with Crippen LogP contribution >= 0.6 is 0 Å². The van der Waals surface area contributed by atoms with Crippen LogP contribution in [0.15, 0.2) is 6.07 Å². The summed E-state index contributed by atoms with van der Waals surface area (Å²) < 4.78 is 0. The number of unbranched alkanes of at least 4 members (excludes halogenated alkanes) is 1. The molecule has 0 aliphatic carbocycles. The van der Waals surface area contributed by atoms with Gasteiger partial charge in [0, 0.05) is 19.2 Å². The highest BCUT2D eigenvalue weighted by Gasteiger charge is 2.10. The molecule has 0 bridgehead atoms. The third kappa shape index (κ3) is 5.99. The Morgan fingerprint density at radius 1 is 1.30 bits per heavy atom. The van der Waals surface area contributed by atoms with Gasteiger partial charge in [-0.05, 0) is 25.7 Å². The van der Waals surface area contributed by atoms with Crippen LogP contribution in [0.1, 0.15) is 56.3 Å². The number of hydrogen-bond acceptors (Lipinski definition) is 4. The molecule has 0 atom stereocenters. The molecular weight excluding hydrogens is 252 g/mol. The number of amides is 1. The molecule has 112 valence electrons. The highest BCUT2D eigenvalue weighted by molar-refractivity contribution is 5.92. The van der Waals surface area contributed by atoms with Crippen LogP contribution < -0.4 is 10.6 Å². The third-order valence-corrected chi connectivity index (χ3v) is 2.91. The summed E-state index contributed by atoms with van der Waals surface area (Å²) in [5.41, 5.74) is 0.431. The summed E-state index contributed by atoms with van der Waals surface area (Å²) in [5, 5.41) is 6.12. The first-order valence-electron chi connectivity index (χ1n) is 7.40. The van der Waals surface area contributed by atoms with Gasteiger partial charge in [0.1, 0.15) is 17.3 Å². The van der Waals surface area contributed by atoms with E-state index < -0.39 is 0 Å². The number of nitrogens with one attached hydrogen (secondary N) is 2. The average Bonchev–Trinajstić information content (AvgIpc) is 2.38. The highest BCUT2D eigenvalue weighted by atomic mass is 16.1. The first-order chi connectivity index (χ1) is 9.52. The van der Waals surface area contributed by atoms with Crippen LogP contribution in [0, 0.1) is 12.8 Å². The Kier molecular flexibility index (Phi) is 6.98. The van der Waals surface area contributed by atoms with E-state index in [1.165, 1.54) is 0 Å². The van der Waals surface area contributed by atoms with Crippen LogP contribution in [0.3, 0.4) is 0 Å². The first kappa shape index (κ1) is 16.4. The molecule has 2 N–H and O–H groups in total. The summed E-state index contributed by atoms with van der Waals surface area (Å²) in [6.07, 6.45) is 3.18. The summed E-state index contributed by atoms with van der Waals surface area (Å²) in [7, 11) is 0. The number of nitrogens with zero attached hydrogens (tertiary/aromatic N) is 2. The molecule has 5 heteroatoms. The van der Waals surface area contributed by atoms with Crippen molar-refractivity contribution in [3.8, 4) is 0 Å². The Hall–Kier alpha value is -1.65. The molecule has 0 aliphatic rings. The zero-order valence-corrected chi connectivity index (χ0v) is 13.0. The first-order valence-corrected chi connectivity index (χ1v) is 7.40. The molecule has 0 saturated carbocycles. The number of aryl methyl sites for hydroxylation is 1. The molecule has 20 heavy (non-hydrogen) atoms. The molecule has 0 saturated heterocycles. The summed E-state index contributed by atoms with van der Waals surface area (Å²) in [6.45, 7) is 9.75. The van der Waals surface area contributed by atoms with Crippen LogP contribution in [0.2, 0.25) is 0 Å². The van der Waals surface area contributed by atoms with Gasteiger partial charge >= 0.3 is 0 Å². The largest absolute Gasteiger partial charge is 0.370 e. The van der Waals surface area contributed by atoms with E-state index in [1.807, 2.05) is 0 Å². The predicted molar refractivity (Wildman–Crippen MR) is 82.0 cm³/mol. The summed E-state index contributed by atoms with van der Waals surface area (Å²) >= 11 is 0. The summed E-state index contributed by atoms with van der Waals surface area (Å²) in [5.74, 6) is 1.78. The van der Waals surface area contributed by atoms with Gasteiger partial charge in [0.2, 0.25) is 0 Å². The SMILES string of the molecule is CCCCNc1cc(C(=O)NCCC(C)C)nc(C)n1. The van der Waals surface area contributed by atoms with Gasteiger partial charge in [-0.15, -0.1) is 0 Å². The standard InChI is InChI=1S/C15H26N4O/c1-5-6-8-16-14-10-13(18-12(4)19-14)15(20)17-9-7-11(2)3/h10-11H,5-9H2,1-4H3,(H,17,20)(H,16,18,19). The lowest BCUT2D eigenvalue weighted by molar-refractivity contribution is 0.0946. The number of anilines is 1.